The number of aryl methyl sites for hydroxylation is 1. The molecule has 18 heavy (non-hydrogen) atoms. The molecule has 0 amide bonds. The standard InChI is InChI=1S/C14H17BrN2S/c1-9(8-16)7-13-10(2)17-14(18-13)11-5-3-4-6-12(11)15/h3-6,9H,7-8,16H2,1-2H3. The van der Waals surface area contributed by atoms with Gasteiger partial charge in [-0.15, -0.1) is 11.3 Å². The van der Waals surface area contributed by atoms with E-state index in [0.29, 0.717) is 5.92 Å². The lowest BCUT2D eigenvalue weighted by molar-refractivity contribution is 0.596. The van der Waals surface area contributed by atoms with Gasteiger partial charge in [0.05, 0.1) is 5.69 Å². The van der Waals surface area contributed by atoms with Gasteiger partial charge in [-0.25, -0.2) is 4.98 Å². The number of hydrogen-bond acceptors (Lipinski definition) is 3. The fraction of sp³-hybridized carbons (Fsp3) is 0.357. The van der Waals surface area contributed by atoms with E-state index in [1.807, 2.05) is 18.2 Å². The largest absolute Gasteiger partial charge is 0.330 e. The molecule has 0 saturated heterocycles. The Balaban J connectivity index is 2.32. The van der Waals surface area contributed by atoms with Crippen LogP contribution in [0.1, 0.15) is 17.5 Å². The van der Waals surface area contributed by atoms with E-state index in [-0.39, 0.29) is 0 Å². The average molecular weight is 325 g/mol. The maximum atomic E-state index is 5.69. The Hall–Kier alpha value is -0.710. The molecule has 0 aliphatic carbocycles. The van der Waals surface area contributed by atoms with Gasteiger partial charge in [0, 0.05) is 14.9 Å². The zero-order valence-corrected chi connectivity index (χ0v) is 13.0. The van der Waals surface area contributed by atoms with Crippen molar-refractivity contribution < 1.29 is 0 Å². The van der Waals surface area contributed by atoms with E-state index in [9.17, 15) is 0 Å². The molecule has 1 aromatic carbocycles. The summed E-state index contributed by atoms with van der Waals surface area (Å²) in [6, 6.07) is 8.21. The number of thiazole rings is 1. The molecule has 0 saturated carbocycles. The van der Waals surface area contributed by atoms with Crippen LogP contribution in [0, 0.1) is 12.8 Å². The van der Waals surface area contributed by atoms with Crippen molar-refractivity contribution >= 4 is 27.3 Å². The SMILES string of the molecule is Cc1nc(-c2ccccc2Br)sc1CC(C)CN. The van der Waals surface area contributed by atoms with Crippen LogP contribution >= 0.6 is 27.3 Å². The van der Waals surface area contributed by atoms with Crippen LogP contribution < -0.4 is 5.73 Å². The molecule has 0 aliphatic rings. The maximum absolute atomic E-state index is 5.69. The smallest absolute Gasteiger partial charge is 0.124 e. The predicted octanol–water partition coefficient (Wildman–Crippen LogP) is 4.02. The summed E-state index contributed by atoms with van der Waals surface area (Å²) in [5.41, 5.74) is 7.98. The minimum absolute atomic E-state index is 0.510. The van der Waals surface area contributed by atoms with Crippen molar-refractivity contribution in [2.45, 2.75) is 20.3 Å². The van der Waals surface area contributed by atoms with Crippen LogP contribution in [-0.4, -0.2) is 11.5 Å². The van der Waals surface area contributed by atoms with Crippen LogP contribution in [0.5, 0.6) is 0 Å². The van der Waals surface area contributed by atoms with Gasteiger partial charge in [0.2, 0.25) is 0 Å². The minimum atomic E-state index is 0.510. The molecule has 2 nitrogen and oxygen atoms in total. The van der Waals surface area contributed by atoms with Crippen molar-refractivity contribution in [3.8, 4) is 10.6 Å². The summed E-state index contributed by atoms with van der Waals surface area (Å²) in [7, 11) is 0. The number of hydrogen-bond donors (Lipinski definition) is 1. The maximum Gasteiger partial charge on any atom is 0.124 e. The Labute approximate surface area is 120 Å². The third-order valence-corrected chi connectivity index (χ3v) is 4.84. The Bertz CT molecular complexity index is 536. The van der Waals surface area contributed by atoms with Crippen molar-refractivity contribution in [1.29, 1.82) is 0 Å². The van der Waals surface area contributed by atoms with Gasteiger partial charge in [-0.05, 0) is 31.9 Å². The molecule has 2 rings (SSSR count). The summed E-state index contributed by atoms with van der Waals surface area (Å²) in [6.45, 7) is 4.98. The number of aromatic nitrogens is 1. The molecule has 0 spiro atoms. The second-order valence-corrected chi connectivity index (χ2v) is 6.49. The number of nitrogens with two attached hydrogens (primary N) is 1. The quantitative estimate of drug-likeness (QED) is 0.922. The van der Waals surface area contributed by atoms with Crippen molar-refractivity contribution in [3.05, 3.63) is 39.3 Å². The molecule has 1 aromatic heterocycles. The zero-order valence-electron chi connectivity index (χ0n) is 10.6. The van der Waals surface area contributed by atoms with Crippen LogP contribution in [0.4, 0.5) is 0 Å². The molecule has 4 heteroatoms. The number of rotatable bonds is 4. The highest BCUT2D eigenvalue weighted by atomic mass is 79.9. The number of nitrogens with zero attached hydrogens (tertiary/aromatic N) is 1. The second-order valence-electron chi connectivity index (χ2n) is 4.55. The molecule has 0 radical (unpaired) electrons. The van der Waals surface area contributed by atoms with Gasteiger partial charge >= 0.3 is 0 Å². The molecular formula is C14H17BrN2S. The van der Waals surface area contributed by atoms with Gasteiger partial charge in [-0.1, -0.05) is 41.1 Å². The van der Waals surface area contributed by atoms with Gasteiger partial charge < -0.3 is 5.73 Å². The highest BCUT2D eigenvalue weighted by Gasteiger charge is 2.13. The lowest BCUT2D eigenvalue weighted by atomic mass is 10.1. The third-order valence-electron chi connectivity index (χ3n) is 2.93. The Morgan fingerprint density at radius 2 is 2.11 bits per heavy atom. The first-order chi connectivity index (χ1) is 8.61. The Morgan fingerprint density at radius 3 is 2.78 bits per heavy atom. The van der Waals surface area contributed by atoms with Gasteiger partial charge in [0.15, 0.2) is 0 Å². The summed E-state index contributed by atoms with van der Waals surface area (Å²) in [5, 5.41) is 1.08. The third kappa shape index (κ3) is 2.99. The van der Waals surface area contributed by atoms with Crippen LogP contribution in [0.2, 0.25) is 0 Å². The normalized spacial score (nSPS) is 12.7. The molecule has 1 heterocycles. The second kappa shape index (κ2) is 5.95. The molecule has 0 fully saturated rings. The van der Waals surface area contributed by atoms with Crippen LogP contribution in [0.15, 0.2) is 28.7 Å². The fourth-order valence-corrected chi connectivity index (χ4v) is 3.64. The van der Waals surface area contributed by atoms with Crippen LogP contribution in [-0.2, 0) is 6.42 Å². The van der Waals surface area contributed by atoms with Gasteiger partial charge in [0.1, 0.15) is 5.01 Å². The summed E-state index contributed by atoms with van der Waals surface area (Å²) in [4.78, 5) is 6.02. The van der Waals surface area contributed by atoms with Crippen LogP contribution in [0.25, 0.3) is 10.6 Å². The first-order valence-corrected chi connectivity index (χ1v) is 7.64. The van der Waals surface area contributed by atoms with Crippen molar-refractivity contribution in [2.24, 2.45) is 11.7 Å². The van der Waals surface area contributed by atoms with E-state index >= 15 is 0 Å². The summed E-state index contributed by atoms with van der Waals surface area (Å²) < 4.78 is 1.09. The van der Waals surface area contributed by atoms with Crippen molar-refractivity contribution in [2.75, 3.05) is 6.54 Å². The van der Waals surface area contributed by atoms with E-state index in [2.05, 4.69) is 40.8 Å². The van der Waals surface area contributed by atoms with Crippen LogP contribution in [0.3, 0.4) is 0 Å². The molecule has 2 aromatic rings. The monoisotopic (exact) mass is 324 g/mol. The van der Waals surface area contributed by atoms with Crippen molar-refractivity contribution in [3.63, 3.8) is 0 Å². The van der Waals surface area contributed by atoms with Gasteiger partial charge in [-0.3, -0.25) is 0 Å². The minimum Gasteiger partial charge on any atom is -0.330 e. The van der Waals surface area contributed by atoms with Gasteiger partial charge in [0.25, 0.3) is 0 Å². The Kier molecular flexibility index (Phi) is 4.54. The van der Waals surface area contributed by atoms with E-state index in [4.69, 9.17) is 5.73 Å². The molecule has 2 N–H and O–H groups in total. The summed E-state index contributed by atoms with van der Waals surface area (Å²) >= 11 is 5.35. The first kappa shape index (κ1) is 13.7. The lowest BCUT2D eigenvalue weighted by Gasteiger charge is -2.05. The summed E-state index contributed by atoms with van der Waals surface area (Å²) in [6.07, 6.45) is 1.02. The van der Waals surface area contributed by atoms with Gasteiger partial charge in [-0.2, -0.15) is 0 Å². The van der Waals surface area contributed by atoms with E-state index in [0.717, 1.165) is 33.7 Å². The lowest BCUT2D eigenvalue weighted by Crippen LogP contribution is -2.12. The Morgan fingerprint density at radius 1 is 1.39 bits per heavy atom. The molecule has 1 atom stereocenters. The predicted molar refractivity (Wildman–Crippen MR) is 81.9 cm³/mol. The highest BCUT2D eigenvalue weighted by molar-refractivity contribution is 9.10. The van der Waals surface area contributed by atoms with E-state index in [1.165, 1.54) is 4.88 Å². The van der Waals surface area contributed by atoms with E-state index < -0.39 is 0 Å². The molecule has 96 valence electrons. The molecule has 0 bridgehead atoms. The molecule has 1 unspecified atom stereocenters. The molecular weight excluding hydrogens is 308 g/mol. The first-order valence-electron chi connectivity index (χ1n) is 6.03. The zero-order chi connectivity index (χ0) is 13.1. The molecule has 0 aliphatic heterocycles. The topological polar surface area (TPSA) is 38.9 Å². The van der Waals surface area contributed by atoms with E-state index in [1.54, 1.807) is 11.3 Å². The number of benzene rings is 1. The number of halogens is 1. The summed E-state index contributed by atoms with van der Waals surface area (Å²) in [5.74, 6) is 0.510. The fourth-order valence-electron chi connectivity index (χ4n) is 1.77. The highest BCUT2D eigenvalue weighted by Crippen LogP contribution is 2.33. The average Bonchev–Trinajstić information content (AvgIpc) is 2.71. The van der Waals surface area contributed by atoms with Crippen molar-refractivity contribution in [1.82, 2.24) is 4.98 Å².